The van der Waals surface area contributed by atoms with Gasteiger partial charge in [-0.3, -0.25) is 4.79 Å². The molecule has 1 atom stereocenters. The molecule has 0 aliphatic rings. The number of nitrogens with one attached hydrogen (secondary N) is 1. The molecular weight excluding hydrogens is 280 g/mol. The van der Waals surface area contributed by atoms with E-state index in [9.17, 15) is 9.90 Å². The summed E-state index contributed by atoms with van der Waals surface area (Å²) in [7, 11) is 0. The van der Waals surface area contributed by atoms with Gasteiger partial charge in [0, 0.05) is 12.6 Å². The third-order valence-corrected chi connectivity index (χ3v) is 3.20. The molecule has 0 saturated carbocycles. The normalized spacial score (nSPS) is 12.5. The Morgan fingerprint density at radius 1 is 1.41 bits per heavy atom. The van der Waals surface area contributed by atoms with Crippen LogP contribution in [0.4, 0.5) is 0 Å². The Morgan fingerprint density at radius 2 is 2.18 bits per heavy atom. The van der Waals surface area contributed by atoms with E-state index in [-0.39, 0.29) is 12.1 Å². The van der Waals surface area contributed by atoms with E-state index in [0.29, 0.717) is 5.76 Å². The molecule has 1 aromatic heterocycles. The van der Waals surface area contributed by atoms with Crippen molar-refractivity contribution in [3.63, 3.8) is 0 Å². The van der Waals surface area contributed by atoms with Crippen molar-refractivity contribution in [3.05, 3.63) is 65.1 Å². The largest absolute Gasteiger partial charge is 0.465 e. The van der Waals surface area contributed by atoms with E-state index >= 15 is 0 Å². The number of carbonyl (C=O) groups is 1. The van der Waals surface area contributed by atoms with Crippen LogP contribution in [0.3, 0.4) is 0 Å². The number of benzene rings is 1. The van der Waals surface area contributed by atoms with Crippen LogP contribution in [0.1, 0.15) is 23.0 Å². The third-order valence-electron chi connectivity index (χ3n) is 3.20. The fourth-order valence-electron chi connectivity index (χ4n) is 2.02. The molecule has 1 aromatic carbocycles. The molecule has 1 amide bonds. The zero-order chi connectivity index (χ0) is 15.9. The Hall–Kier alpha value is -2.84. The van der Waals surface area contributed by atoms with E-state index in [1.165, 1.54) is 12.3 Å². The first-order valence-electron chi connectivity index (χ1n) is 6.79. The second-order valence-electron chi connectivity index (χ2n) is 4.77. The molecule has 2 aromatic rings. The highest BCUT2D eigenvalue weighted by Crippen LogP contribution is 2.16. The second kappa shape index (κ2) is 7.25. The number of aliphatic hydroxyl groups excluding tert-OH is 1. The highest BCUT2D eigenvalue weighted by molar-refractivity contribution is 6.01. The van der Waals surface area contributed by atoms with Gasteiger partial charge in [0.05, 0.1) is 12.4 Å². The number of nitriles is 1. The van der Waals surface area contributed by atoms with Gasteiger partial charge >= 0.3 is 0 Å². The molecule has 2 N–H and O–H groups in total. The molecule has 22 heavy (non-hydrogen) atoms. The van der Waals surface area contributed by atoms with Crippen LogP contribution in [0.2, 0.25) is 0 Å². The Kier molecular flexibility index (Phi) is 5.12. The van der Waals surface area contributed by atoms with Crippen LogP contribution in [0.5, 0.6) is 0 Å². The quantitative estimate of drug-likeness (QED) is 0.655. The summed E-state index contributed by atoms with van der Waals surface area (Å²) in [6.07, 6.45) is 1.99. The van der Waals surface area contributed by atoms with E-state index in [4.69, 9.17) is 9.68 Å². The van der Waals surface area contributed by atoms with Gasteiger partial charge in [0.25, 0.3) is 5.91 Å². The van der Waals surface area contributed by atoms with Crippen LogP contribution in [0, 0.1) is 18.3 Å². The number of rotatable bonds is 5. The predicted molar refractivity (Wildman–Crippen MR) is 81.4 cm³/mol. The average Bonchev–Trinajstić information content (AvgIpc) is 3.03. The Morgan fingerprint density at radius 3 is 2.82 bits per heavy atom. The number of amides is 1. The van der Waals surface area contributed by atoms with E-state index in [0.717, 1.165) is 11.1 Å². The van der Waals surface area contributed by atoms with Gasteiger partial charge in [0.15, 0.2) is 0 Å². The topological polar surface area (TPSA) is 86.3 Å². The maximum absolute atomic E-state index is 12.0. The lowest BCUT2D eigenvalue weighted by molar-refractivity contribution is -0.117. The molecule has 1 unspecified atom stereocenters. The summed E-state index contributed by atoms with van der Waals surface area (Å²) in [6.45, 7) is 1.92. The SMILES string of the molecule is Cc1ccccc1C(O)CNC(=O)/C(C#N)=C/c1ccco1. The van der Waals surface area contributed by atoms with Gasteiger partial charge in [-0.15, -0.1) is 0 Å². The van der Waals surface area contributed by atoms with Gasteiger partial charge in [-0.1, -0.05) is 24.3 Å². The summed E-state index contributed by atoms with van der Waals surface area (Å²) < 4.78 is 5.07. The number of furan rings is 1. The lowest BCUT2D eigenvalue weighted by Crippen LogP contribution is -2.29. The average molecular weight is 296 g/mol. The van der Waals surface area contributed by atoms with Crippen molar-refractivity contribution >= 4 is 12.0 Å². The molecule has 0 saturated heterocycles. The van der Waals surface area contributed by atoms with Crippen molar-refractivity contribution in [2.24, 2.45) is 0 Å². The minimum Gasteiger partial charge on any atom is -0.465 e. The number of hydrogen-bond donors (Lipinski definition) is 2. The zero-order valence-corrected chi connectivity index (χ0v) is 12.1. The number of hydrogen-bond acceptors (Lipinski definition) is 4. The summed E-state index contributed by atoms with van der Waals surface area (Å²) >= 11 is 0. The number of aryl methyl sites for hydroxylation is 1. The summed E-state index contributed by atoms with van der Waals surface area (Å²) in [5.41, 5.74) is 1.61. The monoisotopic (exact) mass is 296 g/mol. The first-order chi connectivity index (χ1) is 10.6. The highest BCUT2D eigenvalue weighted by atomic mass is 16.3. The third kappa shape index (κ3) is 3.84. The minimum absolute atomic E-state index is 0.0286. The van der Waals surface area contributed by atoms with Crippen LogP contribution < -0.4 is 5.32 Å². The molecule has 0 aliphatic heterocycles. The first kappa shape index (κ1) is 15.5. The van der Waals surface area contributed by atoms with Gasteiger partial charge in [0.1, 0.15) is 17.4 Å². The first-order valence-corrected chi connectivity index (χ1v) is 6.79. The summed E-state index contributed by atoms with van der Waals surface area (Å²) in [6, 6.07) is 12.5. The fourth-order valence-corrected chi connectivity index (χ4v) is 2.02. The van der Waals surface area contributed by atoms with Gasteiger partial charge in [0.2, 0.25) is 0 Å². The maximum atomic E-state index is 12.0. The Balaban J connectivity index is 2.00. The molecule has 2 rings (SSSR count). The minimum atomic E-state index is -0.825. The van der Waals surface area contributed by atoms with Crippen molar-refractivity contribution in [2.45, 2.75) is 13.0 Å². The molecule has 112 valence electrons. The summed E-state index contributed by atoms with van der Waals surface area (Å²) in [5, 5.41) is 21.7. The van der Waals surface area contributed by atoms with Crippen molar-refractivity contribution in [1.29, 1.82) is 5.26 Å². The van der Waals surface area contributed by atoms with E-state index < -0.39 is 12.0 Å². The van der Waals surface area contributed by atoms with Crippen molar-refractivity contribution in [2.75, 3.05) is 6.54 Å². The van der Waals surface area contributed by atoms with Gasteiger partial charge < -0.3 is 14.8 Å². The molecule has 5 nitrogen and oxygen atoms in total. The van der Waals surface area contributed by atoms with Crippen molar-refractivity contribution in [1.82, 2.24) is 5.32 Å². The molecule has 5 heteroatoms. The number of nitrogens with zero attached hydrogens (tertiary/aromatic N) is 1. The van der Waals surface area contributed by atoms with Crippen LogP contribution >= 0.6 is 0 Å². The van der Waals surface area contributed by atoms with E-state index in [1.54, 1.807) is 18.2 Å². The maximum Gasteiger partial charge on any atom is 0.262 e. The molecule has 0 aliphatic carbocycles. The lowest BCUT2D eigenvalue weighted by atomic mass is 10.0. The van der Waals surface area contributed by atoms with Crippen LogP contribution in [0.15, 0.2) is 52.7 Å². The summed E-state index contributed by atoms with van der Waals surface area (Å²) in [4.78, 5) is 12.0. The molecule has 0 spiro atoms. The standard InChI is InChI=1S/C17H16N2O3/c1-12-5-2-3-7-15(12)16(20)11-19-17(21)13(10-18)9-14-6-4-8-22-14/h2-9,16,20H,11H2,1H3,(H,19,21)/b13-9+. The number of carbonyl (C=O) groups excluding carboxylic acids is 1. The van der Waals surface area contributed by atoms with Gasteiger partial charge in [-0.25, -0.2) is 0 Å². The highest BCUT2D eigenvalue weighted by Gasteiger charge is 2.14. The van der Waals surface area contributed by atoms with Crippen LogP contribution in [-0.4, -0.2) is 17.6 Å². The van der Waals surface area contributed by atoms with Crippen molar-refractivity contribution < 1.29 is 14.3 Å². The molecular formula is C17H16N2O3. The smallest absolute Gasteiger partial charge is 0.262 e. The molecule has 0 radical (unpaired) electrons. The fraction of sp³-hybridized carbons (Fsp3) is 0.176. The molecule has 0 fully saturated rings. The summed E-state index contributed by atoms with van der Waals surface area (Å²) in [5.74, 6) is -0.127. The van der Waals surface area contributed by atoms with E-state index in [2.05, 4.69) is 5.32 Å². The molecule has 0 bridgehead atoms. The number of aliphatic hydroxyl groups is 1. The Labute approximate surface area is 128 Å². The predicted octanol–water partition coefficient (Wildman–Crippen LogP) is 2.34. The van der Waals surface area contributed by atoms with E-state index in [1.807, 2.05) is 31.2 Å². The van der Waals surface area contributed by atoms with Crippen molar-refractivity contribution in [3.8, 4) is 6.07 Å². The van der Waals surface area contributed by atoms with Gasteiger partial charge in [-0.2, -0.15) is 5.26 Å². The zero-order valence-electron chi connectivity index (χ0n) is 12.1. The van der Waals surface area contributed by atoms with Crippen LogP contribution in [-0.2, 0) is 4.79 Å². The van der Waals surface area contributed by atoms with Gasteiger partial charge in [-0.05, 0) is 30.2 Å². The second-order valence-corrected chi connectivity index (χ2v) is 4.77. The lowest BCUT2D eigenvalue weighted by Gasteiger charge is -2.14. The molecule has 1 heterocycles. The Bertz CT molecular complexity index is 712. The van der Waals surface area contributed by atoms with Crippen LogP contribution in [0.25, 0.3) is 6.08 Å².